The molecular formula is C46H26N2O4Si2. The van der Waals surface area contributed by atoms with Gasteiger partial charge in [-0.15, -0.1) is 0 Å². The number of benzene rings is 8. The van der Waals surface area contributed by atoms with Gasteiger partial charge in [0.25, 0.3) is 0 Å². The van der Waals surface area contributed by atoms with Crippen LogP contribution in [0.2, 0.25) is 0 Å². The predicted octanol–water partition coefficient (Wildman–Crippen LogP) is 7.33. The zero-order valence-electron chi connectivity index (χ0n) is 28.5. The molecule has 0 saturated heterocycles. The second-order valence-electron chi connectivity index (χ2n) is 14.7. The third kappa shape index (κ3) is 3.25. The number of para-hydroxylation sites is 2. The molecule has 6 aliphatic heterocycles. The summed E-state index contributed by atoms with van der Waals surface area (Å²) in [5.74, 6) is 7.33. The monoisotopic (exact) mass is 726 g/mol. The van der Waals surface area contributed by atoms with Crippen LogP contribution in [0.5, 0.6) is 46.0 Å². The first-order chi connectivity index (χ1) is 26.8. The number of hydrogen-bond acceptors (Lipinski definition) is 6. The Bertz CT molecular complexity index is 2840. The van der Waals surface area contributed by atoms with Gasteiger partial charge in [-0.05, 0) is 90.3 Å². The summed E-state index contributed by atoms with van der Waals surface area (Å²) < 4.78 is 27.5. The van der Waals surface area contributed by atoms with Gasteiger partial charge < -0.3 is 28.7 Å². The predicted molar refractivity (Wildman–Crippen MR) is 219 cm³/mol. The van der Waals surface area contributed by atoms with Gasteiger partial charge in [-0.25, -0.2) is 0 Å². The van der Waals surface area contributed by atoms with Crippen molar-refractivity contribution in [3.8, 4) is 46.0 Å². The Morgan fingerprint density at radius 1 is 0.333 bits per heavy atom. The first kappa shape index (κ1) is 27.8. The number of rotatable bonds is 2. The summed E-state index contributed by atoms with van der Waals surface area (Å²) in [6.45, 7) is 0. The van der Waals surface area contributed by atoms with Crippen LogP contribution in [0.4, 0.5) is 34.1 Å². The average Bonchev–Trinajstić information content (AvgIpc) is 3.21. The van der Waals surface area contributed by atoms with E-state index in [0.29, 0.717) is 0 Å². The summed E-state index contributed by atoms with van der Waals surface area (Å²) in [4.78, 5) is 4.98. The Morgan fingerprint density at radius 2 is 0.704 bits per heavy atom. The van der Waals surface area contributed by atoms with Crippen LogP contribution in [-0.2, 0) is 0 Å². The Kier molecular flexibility index (Phi) is 4.96. The van der Waals surface area contributed by atoms with E-state index in [0.717, 1.165) is 62.8 Å². The highest BCUT2D eigenvalue weighted by Crippen LogP contribution is 2.54. The molecule has 252 valence electrons. The van der Waals surface area contributed by atoms with E-state index in [1.165, 1.54) is 59.3 Å². The molecule has 0 aliphatic carbocycles. The van der Waals surface area contributed by atoms with Crippen LogP contribution >= 0.6 is 0 Å². The highest BCUT2D eigenvalue weighted by atomic mass is 28.3. The zero-order chi connectivity index (χ0) is 34.8. The minimum Gasteiger partial charge on any atom is -0.457 e. The van der Waals surface area contributed by atoms with Gasteiger partial charge in [0.05, 0.1) is 11.4 Å². The molecular weight excluding hydrogens is 701 g/mol. The second-order valence-corrected chi connectivity index (χ2v) is 19.9. The third-order valence-electron chi connectivity index (χ3n) is 12.1. The summed E-state index contributed by atoms with van der Waals surface area (Å²) >= 11 is 0. The molecule has 8 aromatic rings. The summed E-state index contributed by atoms with van der Waals surface area (Å²) in [7, 11) is -4.23. The number of nitrogens with zero attached hydrogens (tertiary/aromatic N) is 2. The van der Waals surface area contributed by atoms with Crippen molar-refractivity contribution >= 4 is 93.6 Å². The van der Waals surface area contributed by atoms with Crippen molar-refractivity contribution < 1.29 is 18.9 Å². The van der Waals surface area contributed by atoms with E-state index < -0.39 is 17.6 Å². The van der Waals surface area contributed by atoms with Gasteiger partial charge in [-0.2, -0.15) is 0 Å². The van der Waals surface area contributed by atoms with Crippen molar-refractivity contribution in [3.63, 3.8) is 0 Å². The standard InChI is InChI=1S/C46H26N2O4Si2/c1-3-11-26(12-4-1)47-28-15-7-17-30-41(28)53-43-32(49-30)19-9-21-34(43)51-36-23-25-24-37-46-40(38(25)39(47)45(36)53)48(27-13-5-2-6-14-27)29-16-8-18-31-42(29)54(46)44-33(50-31)20-10-22-35(44)52-37/h1-24,53-54H. The highest BCUT2D eigenvalue weighted by molar-refractivity contribution is 7.02. The van der Waals surface area contributed by atoms with E-state index in [1.54, 1.807) is 0 Å². The molecule has 0 aromatic heterocycles. The fourth-order valence-electron chi connectivity index (χ4n) is 10.2. The molecule has 0 amide bonds. The molecule has 0 saturated carbocycles. The Hall–Kier alpha value is -6.75. The number of hydrogen-bond donors (Lipinski definition) is 0. The van der Waals surface area contributed by atoms with Gasteiger partial charge in [0.2, 0.25) is 0 Å². The SMILES string of the molecule is c1ccc(N2c3cccc4c3[SiH]3c5c(cccc5Oc5cc6cc7c8c(c6c2c53)N(c2ccccc2)c2cccc3c2[SiH]8c2c(cccc2O7)O3)O4)cc1. The van der Waals surface area contributed by atoms with Gasteiger partial charge in [-0.3, -0.25) is 0 Å². The lowest BCUT2D eigenvalue weighted by Gasteiger charge is -2.46. The lowest BCUT2D eigenvalue weighted by molar-refractivity contribution is 0.464. The van der Waals surface area contributed by atoms with E-state index in [-0.39, 0.29) is 0 Å². The molecule has 6 nitrogen and oxygen atoms in total. The molecule has 2 unspecified atom stereocenters. The molecule has 6 heterocycles. The normalized spacial score (nSPS) is 17.4. The molecule has 0 N–H and O–H groups in total. The summed E-state index contributed by atoms with van der Waals surface area (Å²) in [6, 6.07) is 51.8. The molecule has 54 heavy (non-hydrogen) atoms. The quantitative estimate of drug-likeness (QED) is 0.174. The van der Waals surface area contributed by atoms with E-state index in [4.69, 9.17) is 18.9 Å². The smallest absolute Gasteiger partial charge is 0.157 e. The van der Waals surface area contributed by atoms with Crippen molar-refractivity contribution in [2.45, 2.75) is 0 Å². The Morgan fingerprint density at radius 3 is 1.13 bits per heavy atom. The van der Waals surface area contributed by atoms with Crippen molar-refractivity contribution in [3.05, 3.63) is 146 Å². The van der Waals surface area contributed by atoms with E-state index in [2.05, 4.69) is 143 Å². The lowest BCUT2D eigenvalue weighted by Crippen LogP contribution is -2.62. The number of fused-ring (bicyclic) bond motifs is 3. The number of anilines is 6. The molecule has 8 heteroatoms. The first-order valence-corrected chi connectivity index (χ1v) is 21.9. The summed E-state index contributed by atoms with van der Waals surface area (Å²) in [5, 5.41) is 9.94. The van der Waals surface area contributed by atoms with Crippen molar-refractivity contribution in [1.29, 1.82) is 0 Å². The third-order valence-corrected chi connectivity index (χ3v) is 19.0. The molecule has 0 fully saturated rings. The van der Waals surface area contributed by atoms with Gasteiger partial charge >= 0.3 is 0 Å². The maximum atomic E-state index is 7.01. The van der Waals surface area contributed by atoms with Crippen LogP contribution < -0.4 is 59.9 Å². The highest BCUT2D eigenvalue weighted by Gasteiger charge is 2.50. The van der Waals surface area contributed by atoms with Crippen molar-refractivity contribution in [1.82, 2.24) is 0 Å². The minimum absolute atomic E-state index is 0.898. The molecule has 0 radical (unpaired) electrons. The second kappa shape index (κ2) is 9.62. The lowest BCUT2D eigenvalue weighted by atomic mass is 9.99. The van der Waals surface area contributed by atoms with Gasteiger partial charge in [0.15, 0.2) is 17.6 Å². The topological polar surface area (TPSA) is 43.4 Å². The van der Waals surface area contributed by atoms with Crippen LogP contribution in [-0.4, -0.2) is 17.6 Å². The van der Waals surface area contributed by atoms with Crippen LogP contribution in [0.1, 0.15) is 0 Å². The maximum Gasteiger partial charge on any atom is 0.157 e. The molecule has 6 aliphatic rings. The Labute approximate surface area is 312 Å². The maximum absolute atomic E-state index is 7.01. The van der Waals surface area contributed by atoms with Crippen LogP contribution in [0, 0.1) is 0 Å². The van der Waals surface area contributed by atoms with Gasteiger partial charge in [-0.1, -0.05) is 60.7 Å². The van der Waals surface area contributed by atoms with E-state index in [9.17, 15) is 0 Å². The summed E-state index contributed by atoms with van der Waals surface area (Å²) in [5.41, 5.74) is 6.92. The molecule has 2 atom stereocenters. The van der Waals surface area contributed by atoms with E-state index in [1.807, 2.05) is 12.1 Å². The van der Waals surface area contributed by atoms with Crippen molar-refractivity contribution in [2.24, 2.45) is 0 Å². The van der Waals surface area contributed by atoms with Gasteiger partial charge in [0.1, 0.15) is 46.0 Å². The molecule has 0 spiro atoms. The van der Waals surface area contributed by atoms with Crippen LogP contribution in [0.15, 0.2) is 146 Å². The molecule has 0 bridgehead atoms. The minimum atomic E-state index is -2.12. The molecule has 8 aromatic carbocycles. The molecule has 14 rings (SSSR count). The zero-order valence-corrected chi connectivity index (χ0v) is 30.8. The van der Waals surface area contributed by atoms with Crippen molar-refractivity contribution in [2.75, 3.05) is 9.80 Å². The van der Waals surface area contributed by atoms with Crippen LogP contribution in [0.3, 0.4) is 0 Å². The average molecular weight is 727 g/mol. The fourth-order valence-corrected chi connectivity index (χ4v) is 17.5. The number of ether oxygens (including phenoxy) is 4. The summed E-state index contributed by atoms with van der Waals surface area (Å²) in [6.07, 6.45) is 0. The Balaban J connectivity index is 1.20. The van der Waals surface area contributed by atoms with E-state index >= 15 is 0 Å². The fraction of sp³-hybridized carbons (Fsp3) is 0. The first-order valence-electron chi connectivity index (χ1n) is 18.4. The van der Waals surface area contributed by atoms with Gasteiger partial charge in [0, 0.05) is 59.3 Å². The van der Waals surface area contributed by atoms with Crippen LogP contribution in [0.25, 0.3) is 10.8 Å². The largest absolute Gasteiger partial charge is 0.457 e.